The molecule has 0 aliphatic heterocycles. The highest BCUT2D eigenvalue weighted by atomic mass is 16.5. The molecule has 0 aromatic heterocycles. The largest absolute Gasteiger partial charge is 0.484 e. The first-order valence-corrected chi connectivity index (χ1v) is 9.75. The SMILES string of the molecule is Cc1ccc(NC(=O)COc2cccc(/C=N/NC(=O)Nc3ccccc3)c2)cc1C. The lowest BCUT2D eigenvalue weighted by molar-refractivity contribution is -0.118. The minimum absolute atomic E-state index is 0.120. The van der Waals surface area contributed by atoms with Gasteiger partial charge < -0.3 is 15.4 Å². The van der Waals surface area contributed by atoms with E-state index in [1.54, 1.807) is 30.3 Å². The van der Waals surface area contributed by atoms with Crippen molar-refractivity contribution >= 4 is 29.5 Å². The van der Waals surface area contributed by atoms with E-state index in [2.05, 4.69) is 21.2 Å². The zero-order valence-electron chi connectivity index (χ0n) is 17.4. The molecule has 7 nitrogen and oxygen atoms in total. The number of benzene rings is 3. The maximum absolute atomic E-state index is 12.1. The van der Waals surface area contributed by atoms with Gasteiger partial charge in [-0.2, -0.15) is 5.10 Å². The summed E-state index contributed by atoms with van der Waals surface area (Å²) in [5, 5.41) is 9.41. The fraction of sp³-hybridized carbons (Fsp3) is 0.125. The van der Waals surface area contributed by atoms with Crippen molar-refractivity contribution in [3.63, 3.8) is 0 Å². The maximum atomic E-state index is 12.1. The number of rotatable bonds is 7. The number of carbonyl (C=O) groups excluding carboxylic acids is 2. The quantitative estimate of drug-likeness (QED) is 0.392. The summed E-state index contributed by atoms with van der Waals surface area (Å²) in [4.78, 5) is 24.0. The van der Waals surface area contributed by atoms with Gasteiger partial charge in [0.15, 0.2) is 6.61 Å². The number of nitrogens with zero attached hydrogens (tertiary/aromatic N) is 1. The van der Waals surface area contributed by atoms with Crippen molar-refractivity contribution < 1.29 is 14.3 Å². The Morgan fingerprint density at radius 2 is 1.68 bits per heavy atom. The number of nitrogens with one attached hydrogen (secondary N) is 3. The summed E-state index contributed by atoms with van der Waals surface area (Å²) in [6.07, 6.45) is 1.49. The molecule has 3 N–H and O–H groups in total. The van der Waals surface area contributed by atoms with Gasteiger partial charge in [-0.15, -0.1) is 0 Å². The molecule has 0 aliphatic rings. The lowest BCUT2D eigenvalue weighted by Crippen LogP contribution is -2.24. The monoisotopic (exact) mass is 416 g/mol. The zero-order valence-corrected chi connectivity index (χ0v) is 17.4. The Hall–Kier alpha value is -4.13. The zero-order chi connectivity index (χ0) is 22.1. The third-order valence-corrected chi connectivity index (χ3v) is 4.43. The molecule has 0 heterocycles. The molecule has 0 fully saturated rings. The summed E-state index contributed by atoms with van der Waals surface area (Å²) >= 11 is 0. The van der Waals surface area contributed by atoms with E-state index in [-0.39, 0.29) is 12.5 Å². The summed E-state index contributed by atoms with van der Waals surface area (Å²) in [6, 6.07) is 21.4. The van der Waals surface area contributed by atoms with Gasteiger partial charge in [-0.05, 0) is 66.9 Å². The van der Waals surface area contributed by atoms with Crippen molar-refractivity contribution in [2.45, 2.75) is 13.8 Å². The van der Waals surface area contributed by atoms with Gasteiger partial charge in [0.05, 0.1) is 6.21 Å². The molecular formula is C24H24N4O3. The van der Waals surface area contributed by atoms with Crippen LogP contribution in [0, 0.1) is 13.8 Å². The van der Waals surface area contributed by atoms with E-state index < -0.39 is 6.03 Å². The number of amides is 3. The topological polar surface area (TPSA) is 91.8 Å². The normalized spacial score (nSPS) is 10.5. The predicted molar refractivity (Wildman–Crippen MR) is 123 cm³/mol. The Morgan fingerprint density at radius 3 is 2.45 bits per heavy atom. The van der Waals surface area contributed by atoms with Gasteiger partial charge >= 0.3 is 6.03 Å². The summed E-state index contributed by atoms with van der Waals surface area (Å²) in [5.41, 5.74) is 6.79. The van der Waals surface area contributed by atoms with Gasteiger partial charge in [0.1, 0.15) is 5.75 Å². The molecule has 3 amide bonds. The van der Waals surface area contributed by atoms with Gasteiger partial charge in [0.25, 0.3) is 5.91 Å². The molecule has 0 saturated heterocycles. The van der Waals surface area contributed by atoms with Crippen molar-refractivity contribution in [2.24, 2.45) is 5.10 Å². The molecule has 3 aromatic rings. The second-order valence-corrected chi connectivity index (χ2v) is 6.90. The first-order chi connectivity index (χ1) is 15.0. The molecule has 0 bridgehead atoms. The summed E-state index contributed by atoms with van der Waals surface area (Å²) in [6.45, 7) is 3.89. The fourth-order valence-electron chi connectivity index (χ4n) is 2.70. The first kappa shape index (κ1) is 21.6. The highest BCUT2D eigenvalue weighted by Gasteiger charge is 2.05. The number of carbonyl (C=O) groups is 2. The number of aryl methyl sites for hydroxylation is 2. The minimum atomic E-state index is -0.446. The molecule has 3 rings (SSSR count). The van der Waals surface area contributed by atoms with Gasteiger partial charge in [0, 0.05) is 11.4 Å². The van der Waals surface area contributed by atoms with E-state index in [1.807, 2.05) is 56.3 Å². The van der Waals surface area contributed by atoms with E-state index >= 15 is 0 Å². The molecule has 0 spiro atoms. The van der Waals surface area contributed by atoms with E-state index in [4.69, 9.17) is 4.74 Å². The maximum Gasteiger partial charge on any atom is 0.339 e. The van der Waals surface area contributed by atoms with Crippen LogP contribution in [-0.2, 0) is 4.79 Å². The molecule has 158 valence electrons. The Balaban J connectivity index is 1.48. The molecule has 31 heavy (non-hydrogen) atoms. The Bertz CT molecular complexity index is 1080. The van der Waals surface area contributed by atoms with Crippen LogP contribution < -0.4 is 20.8 Å². The second-order valence-electron chi connectivity index (χ2n) is 6.90. The van der Waals surface area contributed by atoms with Gasteiger partial charge in [-0.25, -0.2) is 10.2 Å². The van der Waals surface area contributed by atoms with E-state index in [0.29, 0.717) is 17.0 Å². The number of hydrazone groups is 1. The third-order valence-electron chi connectivity index (χ3n) is 4.43. The van der Waals surface area contributed by atoms with Crippen LogP contribution in [0.5, 0.6) is 5.75 Å². The molecule has 0 unspecified atom stereocenters. The fourth-order valence-corrected chi connectivity index (χ4v) is 2.70. The summed E-state index contributed by atoms with van der Waals surface area (Å²) in [5.74, 6) is 0.273. The third kappa shape index (κ3) is 7.01. The van der Waals surface area contributed by atoms with Crippen molar-refractivity contribution in [3.05, 3.63) is 89.5 Å². The van der Waals surface area contributed by atoms with E-state index in [0.717, 1.165) is 11.3 Å². The van der Waals surface area contributed by atoms with Crippen LogP contribution in [0.25, 0.3) is 0 Å². The van der Waals surface area contributed by atoms with Gasteiger partial charge in [-0.1, -0.05) is 36.4 Å². The highest BCUT2D eigenvalue weighted by molar-refractivity contribution is 5.92. The molecule has 0 atom stereocenters. The molecule has 0 aliphatic carbocycles. The molecule has 7 heteroatoms. The van der Waals surface area contributed by atoms with Crippen LogP contribution in [0.15, 0.2) is 77.9 Å². The minimum Gasteiger partial charge on any atom is -0.484 e. The van der Waals surface area contributed by atoms with E-state index in [1.165, 1.54) is 11.8 Å². The van der Waals surface area contributed by atoms with Crippen LogP contribution in [-0.4, -0.2) is 24.8 Å². The lowest BCUT2D eigenvalue weighted by Gasteiger charge is -2.09. The van der Waals surface area contributed by atoms with E-state index in [9.17, 15) is 9.59 Å². The van der Waals surface area contributed by atoms with Crippen LogP contribution in [0.4, 0.5) is 16.2 Å². The Labute approximate surface area is 181 Å². The predicted octanol–water partition coefficient (Wildman–Crippen LogP) is 4.48. The second kappa shape index (κ2) is 10.6. The number of hydrogen-bond acceptors (Lipinski definition) is 4. The van der Waals surface area contributed by atoms with Crippen molar-refractivity contribution in [2.75, 3.05) is 17.2 Å². The van der Waals surface area contributed by atoms with Crippen LogP contribution >= 0.6 is 0 Å². The molecular weight excluding hydrogens is 392 g/mol. The number of ether oxygens (including phenoxy) is 1. The number of anilines is 2. The first-order valence-electron chi connectivity index (χ1n) is 9.75. The average Bonchev–Trinajstić information content (AvgIpc) is 2.76. The number of urea groups is 1. The molecule has 3 aromatic carbocycles. The Kier molecular flexibility index (Phi) is 7.37. The molecule has 0 radical (unpaired) electrons. The summed E-state index contributed by atoms with van der Waals surface area (Å²) in [7, 11) is 0. The highest BCUT2D eigenvalue weighted by Crippen LogP contribution is 2.15. The summed E-state index contributed by atoms with van der Waals surface area (Å²) < 4.78 is 5.57. The Morgan fingerprint density at radius 1 is 0.871 bits per heavy atom. The average molecular weight is 416 g/mol. The van der Waals surface area contributed by atoms with Crippen LogP contribution in [0.1, 0.15) is 16.7 Å². The van der Waals surface area contributed by atoms with Crippen LogP contribution in [0.2, 0.25) is 0 Å². The van der Waals surface area contributed by atoms with Gasteiger partial charge in [-0.3, -0.25) is 4.79 Å². The van der Waals surface area contributed by atoms with Crippen molar-refractivity contribution in [1.82, 2.24) is 5.43 Å². The van der Waals surface area contributed by atoms with Crippen LogP contribution in [0.3, 0.4) is 0 Å². The molecule has 0 saturated carbocycles. The smallest absolute Gasteiger partial charge is 0.339 e. The van der Waals surface area contributed by atoms with Crippen molar-refractivity contribution in [1.29, 1.82) is 0 Å². The lowest BCUT2D eigenvalue weighted by atomic mass is 10.1. The van der Waals surface area contributed by atoms with Gasteiger partial charge in [0.2, 0.25) is 0 Å². The van der Waals surface area contributed by atoms with Crippen molar-refractivity contribution in [3.8, 4) is 5.75 Å². The standard InChI is InChI=1S/C24H24N4O3/c1-17-11-12-21(13-18(17)2)26-23(29)16-31-22-10-6-7-19(14-22)15-25-28-24(30)27-20-8-4-3-5-9-20/h3-15H,16H2,1-2H3,(H,26,29)(H2,27,28,30)/b25-15+. The number of para-hydroxylation sites is 1. The number of hydrogen-bond donors (Lipinski definition) is 3.